The number of ketones is 1. The largest absolute Gasteiger partial charge is 0.328 e. The molecule has 0 fully saturated rings. The number of fused-ring (bicyclic) bond motifs is 1. The average molecular weight is 300 g/mol. The summed E-state index contributed by atoms with van der Waals surface area (Å²) < 4.78 is 1.84. The Bertz CT molecular complexity index is 757. The minimum absolute atomic E-state index is 0.126. The first-order chi connectivity index (χ1) is 10.1. The van der Waals surface area contributed by atoms with E-state index in [4.69, 9.17) is 0 Å². The monoisotopic (exact) mass is 300 g/mol. The molecule has 1 aliphatic carbocycles. The predicted octanol–water partition coefficient (Wildman–Crippen LogP) is 2.92. The third-order valence-corrected chi connectivity index (χ3v) is 5.29. The molecule has 3 heterocycles. The van der Waals surface area contributed by atoms with Gasteiger partial charge in [-0.05, 0) is 36.3 Å². The van der Waals surface area contributed by atoms with E-state index in [-0.39, 0.29) is 11.8 Å². The first-order valence-corrected chi connectivity index (χ1v) is 8.00. The number of rotatable bonds is 1. The Balaban J connectivity index is 1.93. The second-order valence-electron chi connectivity index (χ2n) is 5.85. The molecule has 2 atom stereocenters. The normalized spacial score (nSPS) is 24.6. The van der Waals surface area contributed by atoms with E-state index in [1.54, 1.807) is 17.7 Å². The van der Waals surface area contributed by atoms with Gasteiger partial charge in [0.15, 0.2) is 5.78 Å². The maximum Gasteiger partial charge on any atom is 0.226 e. The third-order valence-electron chi connectivity index (χ3n) is 4.22. The van der Waals surface area contributed by atoms with Crippen molar-refractivity contribution in [1.29, 1.82) is 0 Å². The molecular weight excluding hydrogens is 284 g/mol. The fraction of sp³-hybridized carbons (Fsp3) is 0.400. The highest BCUT2D eigenvalue weighted by Crippen LogP contribution is 2.43. The number of aryl methyl sites for hydroxylation is 1. The lowest BCUT2D eigenvalue weighted by molar-refractivity contribution is -0.117. The van der Waals surface area contributed by atoms with Crippen molar-refractivity contribution in [2.45, 2.75) is 32.7 Å². The van der Waals surface area contributed by atoms with E-state index in [9.17, 15) is 4.79 Å². The molecule has 108 valence electrons. The van der Waals surface area contributed by atoms with E-state index in [0.717, 1.165) is 23.6 Å². The van der Waals surface area contributed by atoms with Gasteiger partial charge in [0.2, 0.25) is 5.95 Å². The lowest BCUT2D eigenvalue weighted by Gasteiger charge is -2.33. The zero-order chi connectivity index (χ0) is 14.6. The molecule has 1 aliphatic heterocycles. The van der Waals surface area contributed by atoms with Gasteiger partial charge in [-0.15, -0.1) is 11.3 Å². The molecule has 0 saturated heterocycles. The third kappa shape index (κ3) is 1.86. The summed E-state index contributed by atoms with van der Waals surface area (Å²) in [6.45, 7) is 4.20. The van der Waals surface area contributed by atoms with Gasteiger partial charge in [0.25, 0.3) is 0 Å². The number of nitrogens with zero attached hydrogens (tertiary/aromatic N) is 3. The molecule has 2 aromatic rings. The summed E-state index contributed by atoms with van der Waals surface area (Å²) in [6, 6.07) is 1.97. The van der Waals surface area contributed by atoms with Crippen molar-refractivity contribution in [2.75, 3.05) is 5.32 Å². The molecule has 2 aliphatic rings. The van der Waals surface area contributed by atoms with E-state index >= 15 is 0 Å². The molecule has 0 saturated carbocycles. The molecule has 0 aromatic carbocycles. The van der Waals surface area contributed by atoms with Crippen LogP contribution in [0.2, 0.25) is 0 Å². The number of allylic oxidation sites excluding steroid dienone is 2. The Kier molecular flexibility index (Phi) is 2.75. The molecular formula is C15H16N4OS. The van der Waals surface area contributed by atoms with Crippen LogP contribution >= 0.6 is 11.3 Å². The summed E-state index contributed by atoms with van der Waals surface area (Å²) in [5.41, 5.74) is 3.10. The molecule has 4 rings (SSSR count). The fourth-order valence-corrected chi connectivity index (χ4v) is 4.27. The number of hydrogen-bond donors (Lipinski definition) is 1. The van der Waals surface area contributed by atoms with Gasteiger partial charge in [-0.3, -0.25) is 4.79 Å². The Morgan fingerprint density at radius 3 is 3.05 bits per heavy atom. The molecule has 5 nitrogen and oxygen atoms in total. The molecule has 0 bridgehead atoms. The maximum absolute atomic E-state index is 12.6. The van der Waals surface area contributed by atoms with Crippen molar-refractivity contribution in [2.24, 2.45) is 5.92 Å². The predicted molar refractivity (Wildman–Crippen MR) is 81.3 cm³/mol. The maximum atomic E-state index is 12.6. The highest BCUT2D eigenvalue weighted by Gasteiger charge is 2.38. The van der Waals surface area contributed by atoms with Crippen LogP contribution in [0.3, 0.4) is 0 Å². The summed E-state index contributed by atoms with van der Waals surface area (Å²) in [5, 5.41) is 9.72. The van der Waals surface area contributed by atoms with Gasteiger partial charge in [0, 0.05) is 22.6 Å². The summed E-state index contributed by atoms with van der Waals surface area (Å²) in [6.07, 6.45) is 3.06. The number of thiophene rings is 1. The summed E-state index contributed by atoms with van der Waals surface area (Å²) >= 11 is 1.68. The fourth-order valence-electron chi connectivity index (χ4n) is 3.25. The first kappa shape index (κ1) is 12.8. The van der Waals surface area contributed by atoms with Gasteiger partial charge >= 0.3 is 0 Å². The van der Waals surface area contributed by atoms with E-state index in [1.807, 2.05) is 4.68 Å². The van der Waals surface area contributed by atoms with E-state index in [0.29, 0.717) is 12.3 Å². The summed E-state index contributed by atoms with van der Waals surface area (Å²) in [7, 11) is 0. The van der Waals surface area contributed by atoms with Crippen LogP contribution in [0, 0.1) is 12.8 Å². The molecule has 0 spiro atoms. The van der Waals surface area contributed by atoms with Crippen LogP contribution in [-0.4, -0.2) is 20.5 Å². The molecule has 0 amide bonds. The number of carbonyl (C=O) groups is 1. The second-order valence-corrected chi connectivity index (χ2v) is 6.80. The van der Waals surface area contributed by atoms with E-state index in [1.165, 1.54) is 10.4 Å². The van der Waals surface area contributed by atoms with Gasteiger partial charge in [0.1, 0.15) is 12.4 Å². The average Bonchev–Trinajstić information content (AvgIpc) is 3.04. The highest BCUT2D eigenvalue weighted by molar-refractivity contribution is 7.10. The molecule has 6 heteroatoms. The van der Waals surface area contributed by atoms with Crippen LogP contribution < -0.4 is 5.32 Å². The Labute approximate surface area is 126 Å². The quantitative estimate of drug-likeness (QED) is 0.879. The van der Waals surface area contributed by atoms with Gasteiger partial charge in [-0.1, -0.05) is 6.92 Å². The van der Waals surface area contributed by atoms with Crippen LogP contribution in [0.5, 0.6) is 0 Å². The SMILES string of the molecule is Cc1ccsc1C1C2=C(CC(C)CC2=O)Nc2ncnn21. The number of carbonyl (C=O) groups excluding carboxylic acids is 1. The van der Waals surface area contributed by atoms with Crippen LogP contribution in [-0.2, 0) is 4.79 Å². The van der Waals surface area contributed by atoms with E-state index in [2.05, 4.69) is 40.7 Å². The van der Waals surface area contributed by atoms with Crippen molar-refractivity contribution in [3.63, 3.8) is 0 Å². The molecule has 21 heavy (non-hydrogen) atoms. The second kappa shape index (κ2) is 4.53. The number of aromatic nitrogens is 3. The van der Waals surface area contributed by atoms with Crippen molar-refractivity contribution >= 4 is 23.1 Å². The van der Waals surface area contributed by atoms with Gasteiger partial charge in [-0.25, -0.2) is 4.68 Å². The van der Waals surface area contributed by atoms with Crippen LogP contribution in [0.1, 0.15) is 36.2 Å². The van der Waals surface area contributed by atoms with Crippen LogP contribution in [0.25, 0.3) is 0 Å². The van der Waals surface area contributed by atoms with Crippen molar-refractivity contribution < 1.29 is 4.79 Å². The summed E-state index contributed by atoms with van der Waals surface area (Å²) in [4.78, 5) is 18.1. The highest BCUT2D eigenvalue weighted by atomic mass is 32.1. The van der Waals surface area contributed by atoms with Crippen molar-refractivity contribution in [3.05, 3.63) is 39.5 Å². The Morgan fingerprint density at radius 1 is 1.43 bits per heavy atom. The van der Waals surface area contributed by atoms with Gasteiger partial charge in [0.05, 0.1) is 0 Å². The van der Waals surface area contributed by atoms with Crippen LogP contribution in [0.4, 0.5) is 5.95 Å². The van der Waals surface area contributed by atoms with Crippen molar-refractivity contribution in [3.8, 4) is 0 Å². The van der Waals surface area contributed by atoms with Gasteiger partial charge in [-0.2, -0.15) is 10.1 Å². The Hall–Kier alpha value is -1.95. The molecule has 0 radical (unpaired) electrons. The molecule has 1 N–H and O–H groups in total. The zero-order valence-corrected chi connectivity index (χ0v) is 12.8. The minimum Gasteiger partial charge on any atom is -0.328 e. The topological polar surface area (TPSA) is 59.8 Å². The molecule has 2 aromatic heterocycles. The number of Topliss-reactive ketones (excluding diaryl/α,β-unsaturated/α-hetero) is 1. The lowest BCUT2D eigenvalue weighted by Crippen LogP contribution is -2.33. The minimum atomic E-state index is -0.126. The van der Waals surface area contributed by atoms with Gasteiger partial charge < -0.3 is 5.32 Å². The van der Waals surface area contributed by atoms with Crippen LogP contribution in [0.15, 0.2) is 29.0 Å². The lowest BCUT2D eigenvalue weighted by atomic mass is 9.82. The smallest absolute Gasteiger partial charge is 0.226 e. The Morgan fingerprint density at radius 2 is 2.29 bits per heavy atom. The summed E-state index contributed by atoms with van der Waals surface area (Å²) in [5.74, 6) is 1.34. The van der Waals surface area contributed by atoms with E-state index < -0.39 is 0 Å². The zero-order valence-electron chi connectivity index (χ0n) is 12.0. The first-order valence-electron chi connectivity index (χ1n) is 7.12. The van der Waals surface area contributed by atoms with Crippen molar-refractivity contribution in [1.82, 2.24) is 14.8 Å². The number of anilines is 1. The molecule has 2 unspecified atom stereocenters. The number of hydrogen-bond acceptors (Lipinski definition) is 5. The standard InChI is InChI=1S/C15H16N4OS/c1-8-5-10-12(11(20)6-8)13(14-9(2)3-4-21-14)19-15(18-10)16-7-17-19/h3-4,7-8,13H,5-6H2,1-2H3,(H,16,17,18). The number of nitrogens with one attached hydrogen (secondary N) is 1.